The van der Waals surface area contributed by atoms with E-state index in [1.807, 2.05) is 32.0 Å². The number of carboxylic acid groups (broad SMARTS) is 1. The number of halogens is 1. The van der Waals surface area contributed by atoms with Crippen molar-refractivity contribution in [2.45, 2.75) is 51.0 Å². The highest BCUT2D eigenvalue weighted by Gasteiger charge is 2.26. The van der Waals surface area contributed by atoms with Gasteiger partial charge < -0.3 is 9.84 Å². The standard InChI is InChI=1S/C15H19ClO3/c1-15(2,9-14(17)18)10-6-7-13(12(16)8-10)19-11-4-3-5-11/h6-8,11H,3-5,9H2,1-2H3,(H,17,18). The molecule has 1 saturated carbocycles. The van der Waals surface area contributed by atoms with Crippen molar-refractivity contribution in [2.75, 3.05) is 0 Å². The number of carboxylic acids is 1. The Morgan fingerprint density at radius 1 is 1.47 bits per heavy atom. The minimum Gasteiger partial charge on any atom is -0.489 e. The van der Waals surface area contributed by atoms with Crippen molar-refractivity contribution < 1.29 is 14.6 Å². The SMILES string of the molecule is CC(C)(CC(=O)O)c1ccc(OC2CCC2)c(Cl)c1. The van der Waals surface area contributed by atoms with Crippen LogP contribution < -0.4 is 4.74 Å². The molecule has 0 unspecified atom stereocenters. The zero-order valence-corrected chi connectivity index (χ0v) is 12.0. The third kappa shape index (κ3) is 3.41. The number of carbonyl (C=O) groups is 1. The van der Waals surface area contributed by atoms with Gasteiger partial charge in [0.2, 0.25) is 0 Å². The van der Waals surface area contributed by atoms with Gasteiger partial charge in [-0.15, -0.1) is 0 Å². The van der Waals surface area contributed by atoms with Crippen molar-refractivity contribution in [1.29, 1.82) is 0 Å². The summed E-state index contributed by atoms with van der Waals surface area (Å²) in [6.07, 6.45) is 3.75. The summed E-state index contributed by atoms with van der Waals surface area (Å²) in [6, 6.07) is 5.57. The Balaban J connectivity index is 2.15. The summed E-state index contributed by atoms with van der Waals surface area (Å²) in [4.78, 5) is 10.9. The van der Waals surface area contributed by atoms with E-state index in [1.54, 1.807) is 0 Å². The van der Waals surface area contributed by atoms with E-state index in [1.165, 1.54) is 6.42 Å². The van der Waals surface area contributed by atoms with E-state index >= 15 is 0 Å². The van der Waals surface area contributed by atoms with Crippen molar-refractivity contribution in [2.24, 2.45) is 0 Å². The Kier molecular flexibility index (Phi) is 4.04. The first-order valence-electron chi connectivity index (χ1n) is 6.57. The molecule has 0 aliphatic heterocycles. The van der Waals surface area contributed by atoms with Crippen LogP contribution in [0, 0.1) is 0 Å². The number of aliphatic carboxylic acids is 1. The molecule has 0 spiro atoms. The van der Waals surface area contributed by atoms with E-state index in [-0.39, 0.29) is 12.5 Å². The molecule has 1 N–H and O–H groups in total. The maximum absolute atomic E-state index is 10.9. The molecular formula is C15H19ClO3. The van der Waals surface area contributed by atoms with Crippen LogP contribution in [-0.2, 0) is 10.2 Å². The van der Waals surface area contributed by atoms with Crippen molar-refractivity contribution in [1.82, 2.24) is 0 Å². The van der Waals surface area contributed by atoms with Gasteiger partial charge in [0.25, 0.3) is 0 Å². The van der Waals surface area contributed by atoms with Gasteiger partial charge in [-0.2, -0.15) is 0 Å². The molecule has 0 heterocycles. The molecule has 1 fully saturated rings. The lowest BCUT2D eigenvalue weighted by Gasteiger charge is -2.28. The van der Waals surface area contributed by atoms with Crippen molar-refractivity contribution in [3.63, 3.8) is 0 Å². The molecule has 4 heteroatoms. The minimum atomic E-state index is -0.809. The quantitative estimate of drug-likeness (QED) is 0.887. The lowest BCUT2D eigenvalue weighted by Crippen LogP contribution is -2.25. The average Bonchev–Trinajstić information content (AvgIpc) is 2.23. The van der Waals surface area contributed by atoms with Crippen LogP contribution >= 0.6 is 11.6 Å². The largest absolute Gasteiger partial charge is 0.489 e. The Bertz CT molecular complexity index is 478. The second kappa shape index (κ2) is 5.41. The van der Waals surface area contributed by atoms with Crippen LogP contribution in [0.2, 0.25) is 5.02 Å². The van der Waals surface area contributed by atoms with Gasteiger partial charge in [-0.3, -0.25) is 4.79 Å². The van der Waals surface area contributed by atoms with Crippen LogP contribution in [0.1, 0.15) is 45.1 Å². The molecule has 3 nitrogen and oxygen atoms in total. The summed E-state index contributed by atoms with van der Waals surface area (Å²) in [6.45, 7) is 3.80. The Morgan fingerprint density at radius 2 is 2.16 bits per heavy atom. The first-order valence-corrected chi connectivity index (χ1v) is 6.95. The zero-order valence-electron chi connectivity index (χ0n) is 11.3. The number of rotatable bonds is 5. The fourth-order valence-electron chi connectivity index (χ4n) is 2.17. The highest BCUT2D eigenvalue weighted by atomic mass is 35.5. The van der Waals surface area contributed by atoms with Gasteiger partial charge >= 0.3 is 5.97 Å². The van der Waals surface area contributed by atoms with Crippen LogP contribution in [0.5, 0.6) is 5.75 Å². The van der Waals surface area contributed by atoms with Crippen LogP contribution in [0.4, 0.5) is 0 Å². The van der Waals surface area contributed by atoms with Crippen LogP contribution in [0.25, 0.3) is 0 Å². The van der Waals surface area contributed by atoms with Crippen molar-refractivity contribution >= 4 is 17.6 Å². The first kappa shape index (κ1) is 14.2. The number of benzene rings is 1. The molecule has 2 rings (SSSR count). The first-order chi connectivity index (χ1) is 8.88. The predicted octanol–water partition coefficient (Wildman–Crippen LogP) is 4.02. The van der Waals surface area contributed by atoms with Gasteiger partial charge in [0.15, 0.2) is 0 Å². The third-order valence-electron chi connectivity index (χ3n) is 3.65. The van der Waals surface area contributed by atoms with Crippen LogP contribution in [0.15, 0.2) is 18.2 Å². The zero-order chi connectivity index (χ0) is 14.0. The van der Waals surface area contributed by atoms with Gasteiger partial charge in [0.1, 0.15) is 5.75 Å². The monoisotopic (exact) mass is 282 g/mol. The molecule has 0 aromatic heterocycles. The molecule has 1 aromatic rings. The Labute approximate surface area is 118 Å². The smallest absolute Gasteiger partial charge is 0.304 e. The minimum absolute atomic E-state index is 0.0756. The van der Waals surface area contributed by atoms with Gasteiger partial charge in [-0.1, -0.05) is 31.5 Å². The molecule has 1 aliphatic rings. The van der Waals surface area contributed by atoms with E-state index < -0.39 is 11.4 Å². The maximum atomic E-state index is 10.9. The summed E-state index contributed by atoms with van der Waals surface area (Å²) in [5, 5.41) is 9.49. The van der Waals surface area contributed by atoms with Gasteiger partial charge in [0, 0.05) is 5.41 Å². The molecule has 1 aliphatic carbocycles. The van der Waals surface area contributed by atoms with Gasteiger partial charge in [-0.25, -0.2) is 0 Å². The van der Waals surface area contributed by atoms with E-state index in [0.717, 1.165) is 18.4 Å². The van der Waals surface area contributed by atoms with Crippen molar-refractivity contribution in [3.8, 4) is 5.75 Å². The summed E-state index contributed by atoms with van der Waals surface area (Å²) in [7, 11) is 0. The van der Waals surface area contributed by atoms with Crippen molar-refractivity contribution in [3.05, 3.63) is 28.8 Å². The fraction of sp³-hybridized carbons (Fsp3) is 0.533. The highest BCUT2D eigenvalue weighted by molar-refractivity contribution is 6.32. The molecule has 1 aromatic carbocycles. The second-order valence-electron chi connectivity index (χ2n) is 5.77. The molecular weight excluding hydrogens is 264 g/mol. The topological polar surface area (TPSA) is 46.5 Å². The maximum Gasteiger partial charge on any atom is 0.304 e. The molecule has 0 radical (unpaired) electrons. The van der Waals surface area contributed by atoms with E-state index in [2.05, 4.69) is 0 Å². The lowest BCUT2D eigenvalue weighted by molar-refractivity contribution is -0.138. The predicted molar refractivity (Wildman–Crippen MR) is 75.0 cm³/mol. The molecule has 0 amide bonds. The molecule has 0 bridgehead atoms. The number of hydrogen-bond acceptors (Lipinski definition) is 2. The Morgan fingerprint density at radius 3 is 2.63 bits per heavy atom. The Hall–Kier alpha value is -1.22. The summed E-state index contributed by atoms with van der Waals surface area (Å²) in [5.74, 6) is -0.114. The van der Waals surface area contributed by atoms with Gasteiger partial charge in [0.05, 0.1) is 17.5 Å². The molecule has 104 valence electrons. The summed E-state index contributed by atoms with van der Waals surface area (Å²) < 4.78 is 5.78. The van der Waals surface area contributed by atoms with Crippen LogP contribution in [-0.4, -0.2) is 17.2 Å². The second-order valence-corrected chi connectivity index (χ2v) is 6.18. The lowest BCUT2D eigenvalue weighted by atomic mass is 9.81. The number of hydrogen-bond donors (Lipinski definition) is 1. The van der Waals surface area contributed by atoms with E-state index in [0.29, 0.717) is 10.8 Å². The molecule has 0 atom stereocenters. The van der Waals surface area contributed by atoms with Gasteiger partial charge in [-0.05, 0) is 37.0 Å². The fourth-order valence-corrected chi connectivity index (χ4v) is 2.39. The van der Waals surface area contributed by atoms with E-state index in [9.17, 15) is 4.79 Å². The molecule has 0 saturated heterocycles. The average molecular weight is 283 g/mol. The third-order valence-corrected chi connectivity index (χ3v) is 3.95. The molecule has 19 heavy (non-hydrogen) atoms. The summed E-state index contributed by atoms with van der Waals surface area (Å²) in [5.41, 5.74) is 0.477. The highest BCUT2D eigenvalue weighted by Crippen LogP contribution is 2.35. The van der Waals surface area contributed by atoms with E-state index in [4.69, 9.17) is 21.4 Å². The normalized spacial score (nSPS) is 15.9. The summed E-state index contributed by atoms with van der Waals surface area (Å²) >= 11 is 6.22. The number of ether oxygens (including phenoxy) is 1. The van der Waals surface area contributed by atoms with Crippen LogP contribution in [0.3, 0.4) is 0 Å².